The second-order valence-corrected chi connectivity index (χ2v) is 18.0. The number of benzene rings is 3. The minimum Gasteiger partial charge on any atom is -0.441 e. The molecule has 6 nitrogen and oxygen atoms in total. The minimum atomic E-state index is -4.88. The van der Waals surface area contributed by atoms with Crippen LogP contribution >= 0.6 is 0 Å². The molecular weight excluding hydrogens is 611 g/mol. The van der Waals surface area contributed by atoms with Crippen molar-refractivity contribution in [3.05, 3.63) is 102 Å². The van der Waals surface area contributed by atoms with Gasteiger partial charge in [-0.2, -0.15) is 13.2 Å². The van der Waals surface area contributed by atoms with Crippen LogP contribution in [0.4, 0.5) is 18.9 Å². The van der Waals surface area contributed by atoms with E-state index in [2.05, 4.69) is 46.5 Å². The normalized spacial score (nSPS) is 21.0. The van der Waals surface area contributed by atoms with Gasteiger partial charge in [0.2, 0.25) is 6.29 Å². The molecule has 0 bridgehead atoms. The summed E-state index contributed by atoms with van der Waals surface area (Å²) in [6.07, 6.45) is -8.92. The van der Waals surface area contributed by atoms with Crippen molar-refractivity contribution >= 4 is 19.9 Å². The van der Waals surface area contributed by atoms with Gasteiger partial charge in [0, 0.05) is 0 Å². The maximum absolute atomic E-state index is 14.4. The molecule has 0 saturated carbocycles. The van der Waals surface area contributed by atoms with Gasteiger partial charge in [0.25, 0.3) is 5.90 Å². The van der Waals surface area contributed by atoms with Crippen molar-refractivity contribution in [2.75, 3.05) is 6.61 Å². The largest absolute Gasteiger partial charge is 0.468 e. The molecule has 0 aliphatic carbocycles. The third-order valence-corrected chi connectivity index (χ3v) is 14.6. The maximum atomic E-state index is 14.4. The van der Waals surface area contributed by atoms with E-state index in [0.29, 0.717) is 16.6 Å². The van der Waals surface area contributed by atoms with E-state index in [1.54, 1.807) is 18.2 Å². The van der Waals surface area contributed by atoms with E-state index in [4.69, 9.17) is 23.4 Å². The van der Waals surface area contributed by atoms with Crippen molar-refractivity contribution in [1.82, 2.24) is 0 Å². The Labute approximate surface area is 272 Å². The fourth-order valence-corrected chi connectivity index (χ4v) is 11.9. The Kier molecular flexibility index (Phi) is 12.6. The molecule has 4 atom stereocenters. The van der Waals surface area contributed by atoms with E-state index >= 15 is 0 Å². The number of hydrogen-bond donors (Lipinski definition) is 0. The smallest absolute Gasteiger partial charge is 0.441 e. The van der Waals surface area contributed by atoms with Gasteiger partial charge >= 0.3 is 6.18 Å². The van der Waals surface area contributed by atoms with E-state index < -0.39 is 45.0 Å². The standard InChI is InChI=1S/C36H46F3NO5Si/c1-25(2)46(26(3)4,27(5)6)43-24-31-32(41-22-28-16-10-7-11-17-28)33(42-23-29-18-12-8-13-19-29)34(44-31)45-35(36(37,38)39)40-30-20-14-9-15-21-30/h7-21,25-27,31-34H,22-24H2,1-6H3/t31-,32-,33-,34+/m1/s1. The zero-order valence-electron chi connectivity index (χ0n) is 27.4. The van der Waals surface area contributed by atoms with Crippen LogP contribution in [-0.4, -0.2) is 51.6 Å². The van der Waals surface area contributed by atoms with Gasteiger partial charge in [0.15, 0.2) is 8.32 Å². The van der Waals surface area contributed by atoms with Crippen molar-refractivity contribution in [2.45, 2.75) is 102 Å². The van der Waals surface area contributed by atoms with Crippen LogP contribution in [0, 0.1) is 0 Å². The first-order valence-electron chi connectivity index (χ1n) is 15.9. The van der Waals surface area contributed by atoms with E-state index in [-0.39, 0.29) is 25.5 Å². The lowest BCUT2D eigenvalue weighted by molar-refractivity contribution is -0.164. The molecule has 250 valence electrons. The average Bonchev–Trinajstić information content (AvgIpc) is 3.35. The van der Waals surface area contributed by atoms with Crippen LogP contribution in [0.5, 0.6) is 0 Å². The van der Waals surface area contributed by atoms with Gasteiger partial charge in [-0.05, 0) is 39.9 Å². The highest BCUT2D eigenvalue weighted by atomic mass is 28.4. The number of aliphatic imine (C=N–C) groups is 1. The molecule has 1 fully saturated rings. The molecule has 0 spiro atoms. The highest BCUT2D eigenvalue weighted by Crippen LogP contribution is 2.43. The molecule has 0 N–H and O–H groups in total. The van der Waals surface area contributed by atoms with Crippen LogP contribution in [0.15, 0.2) is 96.0 Å². The Morgan fingerprint density at radius 1 is 0.717 bits per heavy atom. The second-order valence-electron chi connectivity index (χ2n) is 12.6. The first-order valence-corrected chi connectivity index (χ1v) is 18.0. The fourth-order valence-electron chi connectivity index (χ4n) is 6.44. The molecule has 0 unspecified atom stereocenters. The molecule has 1 aliphatic heterocycles. The molecule has 1 heterocycles. The SMILES string of the molecule is CC(C)[Si](OC[C@H]1O[C@@H](OC(=Nc2ccccc2)C(F)(F)F)[C@H](OCc2ccccc2)[C@@H]1OCc1ccccc1)(C(C)C)C(C)C. The fraction of sp³-hybridized carbons (Fsp3) is 0.472. The number of alkyl halides is 3. The lowest BCUT2D eigenvalue weighted by atomic mass is 10.1. The third-order valence-electron chi connectivity index (χ3n) is 8.50. The van der Waals surface area contributed by atoms with Crippen molar-refractivity contribution in [2.24, 2.45) is 4.99 Å². The Hall–Kier alpha value is -3.02. The predicted molar refractivity (Wildman–Crippen MR) is 176 cm³/mol. The Morgan fingerprint density at radius 3 is 1.63 bits per heavy atom. The van der Waals surface area contributed by atoms with Crippen molar-refractivity contribution in [1.29, 1.82) is 0 Å². The summed E-state index contributed by atoms with van der Waals surface area (Å²) in [5.74, 6) is -1.42. The molecule has 1 aliphatic rings. The quantitative estimate of drug-likeness (QED) is 0.0983. The van der Waals surface area contributed by atoms with Gasteiger partial charge < -0.3 is 23.4 Å². The van der Waals surface area contributed by atoms with Gasteiger partial charge in [-0.25, -0.2) is 4.99 Å². The number of nitrogens with zero attached hydrogens (tertiary/aromatic N) is 1. The third kappa shape index (κ3) is 9.07. The molecule has 0 aromatic heterocycles. The number of para-hydroxylation sites is 1. The second kappa shape index (κ2) is 16.2. The molecule has 3 aromatic carbocycles. The Bertz CT molecular complexity index is 1330. The number of halogens is 3. The van der Waals surface area contributed by atoms with Crippen LogP contribution in [0.25, 0.3) is 0 Å². The first-order chi connectivity index (χ1) is 21.9. The molecule has 4 rings (SSSR count). The van der Waals surface area contributed by atoms with E-state index in [9.17, 15) is 13.2 Å². The lowest BCUT2D eigenvalue weighted by Crippen LogP contribution is -2.50. The van der Waals surface area contributed by atoms with Crippen LogP contribution < -0.4 is 0 Å². The highest BCUT2D eigenvalue weighted by molar-refractivity contribution is 6.77. The summed E-state index contributed by atoms with van der Waals surface area (Å²) in [7, 11) is -2.36. The number of ether oxygens (including phenoxy) is 4. The maximum Gasteiger partial charge on any atom is 0.468 e. The molecular formula is C36H46F3NO5Si. The summed E-state index contributed by atoms with van der Waals surface area (Å²) in [5.41, 5.74) is 2.75. The zero-order chi connectivity index (χ0) is 33.3. The van der Waals surface area contributed by atoms with E-state index in [1.165, 1.54) is 12.1 Å². The number of hydrogen-bond acceptors (Lipinski definition) is 6. The van der Waals surface area contributed by atoms with Gasteiger partial charge in [0.1, 0.15) is 18.3 Å². The van der Waals surface area contributed by atoms with E-state index in [1.807, 2.05) is 60.7 Å². The van der Waals surface area contributed by atoms with Crippen LogP contribution in [0.3, 0.4) is 0 Å². The number of rotatable bonds is 14. The molecule has 1 saturated heterocycles. The van der Waals surface area contributed by atoms with Crippen LogP contribution in [-0.2, 0) is 36.6 Å². The summed E-state index contributed by atoms with van der Waals surface area (Å²) >= 11 is 0. The minimum absolute atomic E-state index is 0.105. The van der Waals surface area contributed by atoms with E-state index in [0.717, 1.165) is 11.1 Å². The topological polar surface area (TPSA) is 58.5 Å². The monoisotopic (exact) mass is 657 g/mol. The van der Waals surface area contributed by atoms with Gasteiger partial charge in [-0.15, -0.1) is 0 Å². The zero-order valence-corrected chi connectivity index (χ0v) is 28.4. The van der Waals surface area contributed by atoms with Crippen molar-refractivity contribution in [3.63, 3.8) is 0 Å². The molecule has 0 radical (unpaired) electrons. The predicted octanol–water partition coefficient (Wildman–Crippen LogP) is 9.38. The Morgan fingerprint density at radius 2 is 1.17 bits per heavy atom. The summed E-state index contributed by atoms with van der Waals surface area (Å²) in [4.78, 5) is 3.81. The summed E-state index contributed by atoms with van der Waals surface area (Å²) in [6, 6.07) is 26.9. The summed E-state index contributed by atoms with van der Waals surface area (Å²) in [5, 5.41) is 0. The molecule has 46 heavy (non-hydrogen) atoms. The Balaban J connectivity index is 1.70. The average molecular weight is 658 g/mol. The van der Waals surface area contributed by atoms with Gasteiger partial charge in [-0.1, -0.05) is 120 Å². The summed E-state index contributed by atoms with van der Waals surface area (Å²) < 4.78 is 74.7. The lowest BCUT2D eigenvalue weighted by Gasteiger charge is -2.43. The molecule has 10 heteroatoms. The first kappa shape index (κ1) is 35.8. The summed E-state index contributed by atoms with van der Waals surface area (Å²) in [6.45, 7) is 13.5. The van der Waals surface area contributed by atoms with Crippen LogP contribution in [0.1, 0.15) is 52.7 Å². The van der Waals surface area contributed by atoms with Crippen molar-refractivity contribution in [3.8, 4) is 0 Å². The van der Waals surface area contributed by atoms with Crippen LogP contribution in [0.2, 0.25) is 16.6 Å². The molecule has 0 amide bonds. The van der Waals surface area contributed by atoms with Gasteiger partial charge in [-0.3, -0.25) is 0 Å². The highest BCUT2D eigenvalue weighted by Gasteiger charge is 2.53. The van der Waals surface area contributed by atoms with Gasteiger partial charge in [0.05, 0.1) is 25.5 Å². The van der Waals surface area contributed by atoms with Crippen molar-refractivity contribution < 1.29 is 36.5 Å². The molecule has 3 aromatic rings.